The highest BCUT2D eigenvalue weighted by Gasteiger charge is 2.34. The Morgan fingerprint density at radius 3 is 2.70 bits per heavy atom. The topological polar surface area (TPSA) is 12.0 Å². The van der Waals surface area contributed by atoms with E-state index >= 15 is 0 Å². The van der Waals surface area contributed by atoms with Gasteiger partial charge in [-0.3, -0.25) is 0 Å². The van der Waals surface area contributed by atoms with Crippen molar-refractivity contribution in [3.63, 3.8) is 0 Å². The van der Waals surface area contributed by atoms with E-state index in [4.69, 9.17) is 0 Å². The van der Waals surface area contributed by atoms with Crippen LogP contribution in [0, 0.1) is 11.8 Å². The molecule has 1 heteroatoms. The molecule has 58 valence electrons. The molecule has 1 N–H and O–H groups in total. The van der Waals surface area contributed by atoms with Gasteiger partial charge in [0.15, 0.2) is 0 Å². The first-order valence-corrected chi connectivity index (χ1v) is 4.18. The standard InChI is InChI=1S/C9H17N/c1-4-5-10-8(3)9-6-7(9)2/h7,9-10H,3-6H2,1-2H3/t7-,9?/m0/s1. The van der Waals surface area contributed by atoms with Gasteiger partial charge >= 0.3 is 0 Å². The molecule has 0 heterocycles. The van der Waals surface area contributed by atoms with Crippen LogP contribution in [0.15, 0.2) is 12.3 Å². The predicted molar refractivity (Wildman–Crippen MR) is 44.7 cm³/mol. The quantitative estimate of drug-likeness (QED) is 0.629. The Morgan fingerprint density at radius 1 is 1.70 bits per heavy atom. The van der Waals surface area contributed by atoms with Crippen LogP contribution in [0.4, 0.5) is 0 Å². The summed E-state index contributed by atoms with van der Waals surface area (Å²) >= 11 is 0. The minimum Gasteiger partial charge on any atom is -0.389 e. The van der Waals surface area contributed by atoms with Crippen LogP contribution in [0.3, 0.4) is 0 Å². The van der Waals surface area contributed by atoms with Crippen molar-refractivity contribution >= 4 is 0 Å². The number of allylic oxidation sites excluding steroid dienone is 1. The van der Waals surface area contributed by atoms with Crippen molar-refractivity contribution in [3.8, 4) is 0 Å². The monoisotopic (exact) mass is 139 g/mol. The van der Waals surface area contributed by atoms with Crippen LogP contribution in [0.5, 0.6) is 0 Å². The normalized spacial score (nSPS) is 29.8. The van der Waals surface area contributed by atoms with Crippen molar-refractivity contribution in [2.24, 2.45) is 11.8 Å². The summed E-state index contributed by atoms with van der Waals surface area (Å²) in [5.74, 6) is 1.67. The third-order valence-corrected chi connectivity index (χ3v) is 2.16. The lowest BCUT2D eigenvalue weighted by Crippen LogP contribution is -2.14. The highest BCUT2D eigenvalue weighted by atomic mass is 14.9. The molecule has 0 amide bonds. The minimum absolute atomic E-state index is 0.784. The van der Waals surface area contributed by atoms with E-state index in [-0.39, 0.29) is 0 Å². The fourth-order valence-electron chi connectivity index (χ4n) is 1.22. The summed E-state index contributed by atoms with van der Waals surface area (Å²) in [7, 11) is 0. The van der Waals surface area contributed by atoms with Crippen LogP contribution in [-0.2, 0) is 0 Å². The molecule has 1 saturated carbocycles. The summed E-state index contributed by atoms with van der Waals surface area (Å²) in [5.41, 5.74) is 1.26. The van der Waals surface area contributed by atoms with E-state index in [1.54, 1.807) is 0 Å². The van der Waals surface area contributed by atoms with E-state index in [1.165, 1.54) is 18.5 Å². The van der Waals surface area contributed by atoms with Gasteiger partial charge < -0.3 is 5.32 Å². The average Bonchev–Trinajstić information content (AvgIpc) is 2.62. The predicted octanol–water partition coefficient (Wildman–Crippen LogP) is 2.16. The SMILES string of the molecule is C=C(NCCC)C1C[C@@H]1C. The Balaban J connectivity index is 2.11. The second-order valence-corrected chi connectivity index (χ2v) is 3.27. The Morgan fingerprint density at radius 2 is 2.30 bits per heavy atom. The molecule has 0 radical (unpaired) electrons. The summed E-state index contributed by atoms with van der Waals surface area (Å²) in [5, 5.41) is 3.33. The van der Waals surface area contributed by atoms with Gasteiger partial charge in [0.1, 0.15) is 0 Å². The van der Waals surface area contributed by atoms with Crippen LogP contribution >= 0.6 is 0 Å². The highest BCUT2D eigenvalue weighted by molar-refractivity contribution is 5.08. The summed E-state index contributed by atoms with van der Waals surface area (Å²) in [6.45, 7) is 9.54. The lowest BCUT2D eigenvalue weighted by Gasteiger charge is -2.05. The van der Waals surface area contributed by atoms with Crippen LogP contribution in [0.1, 0.15) is 26.7 Å². The van der Waals surface area contributed by atoms with Crippen molar-refractivity contribution < 1.29 is 0 Å². The van der Waals surface area contributed by atoms with Gasteiger partial charge in [0.25, 0.3) is 0 Å². The van der Waals surface area contributed by atoms with Crippen LogP contribution in [0.25, 0.3) is 0 Å². The van der Waals surface area contributed by atoms with Crippen molar-refractivity contribution in [1.29, 1.82) is 0 Å². The van der Waals surface area contributed by atoms with Gasteiger partial charge in [-0.2, -0.15) is 0 Å². The number of hydrogen-bond acceptors (Lipinski definition) is 1. The maximum absolute atomic E-state index is 3.99. The first kappa shape index (κ1) is 7.64. The van der Waals surface area contributed by atoms with Crippen molar-refractivity contribution in [3.05, 3.63) is 12.3 Å². The van der Waals surface area contributed by atoms with Crippen molar-refractivity contribution in [2.75, 3.05) is 6.54 Å². The molecule has 1 aliphatic carbocycles. The zero-order valence-corrected chi connectivity index (χ0v) is 6.98. The first-order valence-electron chi connectivity index (χ1n) is 4.18. The zero-order valence-electron chi connectivity index (χ0n) is 6.98. The van der Waals surface area contributed by atoms with Crippen molar-refractivity contribution in [2.45, 2.75) is 26.7 Å². The zero-order chi connectivity index (χ0) is 7.56. The smallest absolute Gasteiger partial charge is 0.0141 e. The molecule has 10 heavy (non-hydrogen) atoms. The molecule has 1 nitrogen and oxygen atoms in total. The molecule has 0 bridgehead atoms. The molecule has 1 fully saturated rings. The molecule has 2 atom stereocenters. The van der Waals surface area contributed by atoms with Gasteiger partial charge in [-0.25, -0.2) is 0 Å². The average molecular weight is 139 g/mol. The summed E-state index contributed by atoms with van der Waals surface area (Å²) in [6, 6.07) is 0. The van der Waals surface area contributed by atoms with Crippen LogP contribution in [-0.4, -0.2) is 6.54 Å². The summed E-state index contributed by atoms with van der Waals surface area (Å²) < 4.78 is 0. The van der Waals surface area contributed by atoms with E-state index < -0.39 is 0 Å². The molecular formula is C9H17N. The molecule has 0 saturated heterocycles. The second-order valence-electron chi connectivity index (χ2n) is 3.27. The Bertz CT molecular complexity index is 129. The number of nitrogens with one attached hydrogen (secondary N) is 1. The third kappa shape index (κ3) is 1.76. The van der Waals surface area contributed by atoms with Gasteiger partial charge in [-0.05, 0) is 18.8 Å². The van der Waals surface area contributed by atoms with Gasteiger partial charge in [0.05, 0.1) is 0 Å². The third-order valence-electron chi connectivity index (χ3n) is 2.16. The van der Waals surface area contributed by atoms with Gasteiger partial charge in [-0.15, -0.1) is 0 Å². The van der Waals surface area contributed by atoms with Crippen LogP contribution in [0.2, 0.25) is 0 Å². The number of rotatable bonds is 4. The van der Waals surface area contributed by atoms with Crippen LogP contribution < -0.4 is 5.32 Å². The first-order chi connectivity index (χ1) is 4.75. The Labute approximate surface area is 63.5 Å². The minimum atomic E-state index is 0.784. The lowest BCUT2D eigenvalue weighted by molar-refractivity contribution is 0.700. The molecule has 0 aliphatic heterocycles. The molecule has 1 unspecified atom stereocenters. The van der Waals surface area contributed by atoms with E-state index in [1.807, 2.05) is 0 Å². The van der Waals surface area contributed by atoms with Crippen molar-refractivity contribution in [1.82, 2.24) is 5.32 Å². The van der Waals surface area contributed by atoms with E-state index in [9.17, 15) is 0 Å². The fourth-order valence-corrected chi connectivity index (χ4v) is 1.22. The fraction of sp³-hybridized carbons (Fsp3) is 0.778. The largest absolute Gasteiger partial charge is 0.389 e. The molecule has 0 spiro atoms. The molecule has 1 rings (SSSR count). The molecule has 0 aromatic carbocycles. The van der Waals surface area contributed by atoms with E-state index in [2.05, 4.69) is 25.7 Å². The van der Waals surface area contributed by atoms with Gasteiger partial charge in [0, 0.05) is 18.2 Å². The highest BCUT2D eigenvalue weighted by Crippen LogP contribution is 2.41. The van der Waals surface area contributed by atoms with Gasteiger partial charge in [0.2, 0.25) is 0 Å². The Hall–Kier alpha value is -0.460. The van der Waals surface area contributed by atoms with E-state index in [0.29, 0.717) is 0 Å². The number of hydrogen-bond donors (Lipinski definition) is 1. The summed E-state index contributed by atoms with van der Waals surface area (Å²) in [4.78, 5) is 0. The molecule has 0 aromatic rings. The maximum atomic E-state index is 3.99. The van der Waals surface area contributed by atoms with Gasteiger partial charge in [-0.1, -0.05) is 20.4 Å². The van der Waals surface area contributed by atoms with E-state index in [0.717, 1.165) is 18.4 Å². The summed E-state index contributed by atoms with van der Waals surface area (Å²) in [6.07, 6.45) is 2.54. The second kappa shape index (κ2) is 3.09. The molecule has 0 aromatic heterocycles. The molecule has 1 aliphatic rings. The Kier molecular flexibility index (Phi) is 2.36. The lowest BCUT2D eigenvalue weighted by atomic mass is 10.2. The molecular weight excluding hydrogens is 122 g/mol. The maximum Gasteiger partial charge on any atom is 0.0141 e.